The van der Waals surface area contributed by atoms with Crippen molar-refractivity contribution in [3.8, 4) is 0 Å². The summed E-state index contributed by atoms with van der Waals surface area (Å²) >= 11 is 0. The normalized spacial score (nSPS) is 25.0. The van der Waals surface area contributed by atoms with Gasteiger partial charge in [0.25, 0.3) is 5.91 Å². The molecular weight excluding hydrogens is 260 g/mol. The minimum Gasteiger partial charge on any atom is -0.338 e. The van der Waals surface area contributed by atoms with Crippen molar-refractivity contribution in [2.75, 3.05) is 26.2 Å². The lowest BCUT2D eigenvalue weighted by atomic mass is 9.85. The minimum atomic E-state index is 0.192. The second-order valence-electron chi connectivity index (χ2n) is 6.40. The van der Waals surface area contributed by atoms with Gasteiger partial charge in [0.05, 0.1) is 0 Å². The number of benzene rings is 2. The van der Waals surface area contributed by atoms with Gasteiger partial charge in [-0.2, -0.15) is 0 Å². The number of nitrogens with one attached hydrogen (secondary N) is 1. The number of nitrogens with zero attached hydrogens (tertiary/aromatic N) is 1. The summed E-state index contributed by atoms with van der Waals surface area (Å²) in [6.45, 7) is 3.90. The summed E-state index contributed by atoms with van der Waals surface area (Å²) in [6.07, 6.45) is 1.27. The molecule has 1 amide bonds. The average Bonchev–Trinajstić information content (AvgIpc) is 2.53. The first kappa shape index (κ1) is 12.8. The summed E-state index contributed by atoms with van der Waals surface area (Å²) in [5, 5.41) is 5.80. The first-order valence-corrected chi connectivity index (χ1v) is 7.78. The van der Waals surface area contributed by atoms with Crippen molar-refractivity contribution in [3.63, 3.8) is 0 Å². The van der Waals surface area contributed by atoms with Crippen LogP contribution in [0.5, 0.6) is 0 Å². The lowest BCUT2D eigenvalue weighted by Crippen LogP contribution is -2.52. The molecule has 2 aliphatic heterocycles. The number of rotatable bonds is 1. The van der Waals surface area contributed by atoms with E-state index >= 15 is 0 Å². The van der Waals surface area contributed by atoms with Crippen molar-refractivity contribution in [1.29, 1.82) is 0 Å². The number of carbonyl (C=O) groups excluding carboxylic acids is 1. The van der Waals surface area contributed by atoms with E-state index in [1.54, 1.807) is 0 Å². The first-order valence-electron chi connectivity index (χ1n) is 7.78. The van der Waals surface area contributed by atoms with Crippen molar-refractivity contribution in [2.24, 2.45) is 11.8 Å². The van der Waals surface area contributed by atoms with Crippen LogP contribution in [0, 0.1) is 11.8 Å². The van der Waals surface area contributed by atoms with Gasteiger partial charge in [-0.15, -0.1) is 0 Å². The van der Waals surface area contributed by atoms with E-state index in [-0.39, 0.29) is 5.91 Å². The standard InChI is InChI=1S/C18H20N2O/c21-18(20-11-13-7-14(12-20)10-19-9-13)17-6-5-15-3-1-2-4-16(15)8-17/h1-6,8,13-14,19H,7,9-12H2/t13-,14+. The lowest BCUT2D eigenvalue weighted by Gasteiger charge is -2.41. The number of hydrogen-bond acceptors (Lipinski definition) is 2. The van der Waals surface area contributed by atoms with Gasteiger partial charge in [-0.05, 0) is 54.3 Å². The summed E-state index contributed by atoms with van der Waals surface area (Å²) in [7, 11) is 0. The number of carbonyl (C=O) groups is 1. The van der Waals surface area contributed by atoms with Crippen LogP contribution in [0.2, 0.25) is 0 Å². The molecule has 2 aromatic rings. The molecule has 3 heteroatoms. The van der Waals surface area contributed by atoms with Crippen LogP contribution in [-0.4, -0.2) is 37.0 Å². The highest BCUT2D eigenvalue weighted by Gasteiger charge is 2.32. The average molecular weight is 280 g/mol. The van der Waals surface area contributed by atoms with E-state index in [2.05, 4.69) is 28.4 Å². The molecule has 2 saturated heterocycles. The van der Waals surface area contributed by atoms with Crippen LogP contribution < -0.4 is 5.32 Å². The molecule has 0 aliphatic carbocycles. The molecule has 2 aliphatic rings. The number of fused-ring (bicyclic) bond motifs is 3. The molecule has 21 heavy (non-hydrogen) atoms. The van der Waals surface area contributed by atoms with Crippen molar-refractivity contribution < 1.29 is 4.79 Å². The summed E-state index contributed by atoms with van der Waals surface area (Å²) in [5.41, 5.74) is 0.821. The summed E-state index contributed by atoms with van der Waals surface area (Å²) in [4.78, 5) is 14.8. The Hall–Kier alpha value is -1.87. The molecule has 0 spiro atoms. The Labute approximate surface area is 124 Å². The molecule has 2 bridgehead atoms. The van der Waals surface area contributed by atoms with Crippen LogP contribution in [0.25, 0.3) is 10.8 Å². The Kier molecular flexibility index (Phi) is 3.15. The van der Waals surface area contributed by atoms with Crippen molar-refractivity contribution in [2.45, 2.75) is 6.42 Å². The molecule has 108 valence electrons. The maximum atomic E-state index is 12.8. The molecule has 2 atom stereocenters. The molecule has 0 radical (unpaired) electrons. The first-order chi connectivity index (χ1) is 10.3. The van der Waals surface area contributed by atoms with E-state index < -0.39 is 0 Å². The molecule has 0 aromatic heterocycles. The van der Waals surface area contributed by atoms with Gasteiger partial charge >= 0.3 is 0 Å². The third-order valence-corrected chi connectivity index (χ3v) is 4.77. The molecule has 2 heterocycles. The van der Waals surface area contributed by atoms with Gasteiger partial charge in [0, 0.05) is 18.7 Å². The Morgan fingerprint density at radius 3 is 2.48 bits per heavy atom. The van der Waals surface area contributed by atoms with Crippen LogP contribution in [-0.2, 0) is 0 Å². The Morgan fingerprint density at radius 2 is 1.71 bits per heavy atom. The highest BCUT2D eigenvalue weighted by Crippen LogP contribution is 2.26. The Balaban J connectivity index is 1.60. The van der Waals surface area contributed by atoms with Gasteiger partial charge in [0.15, 0.2) is 0 Å². The molecule has 4 rings (SSSR count). The van der Waals surface area contributed by atoms with Gasteiger partial charge in [-0.3, -0.25) is 4.79 Å². The van der Waals surface area contributed by atoms with E-state index in [1.807, 2.05) is 24.3 Å². The summed E-state index contributed by atoms with van der Waals surface area (Å²) in [6, 6.07) is 14.3. The topological polar surface area (TPSA) is 32.3 Å². The third kappa shape index (κ3) is 2.42. The zero-order valence-corrected chi connectivity index (χ0v) is 12.1. The van der Waals surface area contributed by atoms with E-state index in [1.165, 1.54) is 11.8 Å². The highest BCUT2D eigenvalue weighted by molar-refractivity contribution is 5.98. The van der Waals surface area contributed by atoms with Crippen LogP contribution >= 0.6 is 0 Å². The van der Waals surface area contributed by atoms with E-state index in [4.69, 9.17) is 0 Å². The Bertz CT molecular complexity index is 670. The molecule has 2 aromatic carbocycles. The third-order valence-electron chi connectivity index (χ3n) is 4.77. The number of hydrogen-bond donors (Lipinski definition) is 1. The molecule has 0 saturated carbocycles. The molecule has 0 unspecified atom stereocenters. The summed E-state index contributed by atoms with van der Waals surface area (Å²) in [5.74, 6) is 1.45. The second kappa shape index (κ2) is 5.15. The predicted octanol–water partition coefficient (Wildman–Crippen LogP) is 2.52. The van der Waals surface area contributed by atoms with Crippen LogP contribution in [0.3, 0.4) is 0 Å². The quantitative estimate of drug-likeness (QED) is 0.870. The monoisotopic (exact) mass is 280 g/mol. The maximum absolute atomic E-state index is 12.8. The smallest absolute Gasteiger partial charge is 0.253 e. The molecular formula is C18H20N2O. The van der Waals surface area contributed by atoms with Crippen molar-refractivity contribution in [1.82, 2.24) is 10.2 Å². The van der Waals surface area contributed by atoms with Gasteiger partial charge in [-0.25, -0.2) is 0 Å². The minimum absolute atomic E-state index is 0.192. The second-order valence-corrected chi connectivity index (χ2v) is 6.40. The van der Waals surface area contributed by atoms with Crippen molar-refractivity contribution in [3.05, 3.63) is 48.0 Å². The summed E-state index contributed by atoms with van der Waals surface area (Å²) < 4.78 is 0. The largest absolute Gasteiger partial charge is 0.338 e. The number of piperidine rings is 2. The van der Waals surface area contributed by atoms with Gasteiger partial charge < -0.3 is 10.2 Å². The fraction of sp³-hybridized carbons (Fsp3) is 0.389. The SMILES string of the molecule is O=C(c1ccc2ccccc2c1)N1C[C@@H]2CNC[C@@H](C2)C1. The lowest BCUT2D eigenvalue weighted by molar-refractivity contribution is 0.0538. The van der Waals surface area contributed by atoms with Crippen LogP contribution in [0.4, 0.5) is 0 Å². The van der Waals surface area contributed by atoms with Crippen LogP contribution in [0.15, 0.2) is 42.5 Å². The fourth-order valence-corrected chi connectivity index (χ4v) is 3.78. The number of likely N-dealkylation sites (tertiary alicyclic amines) is 1. The van der Waals surface area contributed by atoms with Gasteiger partial charge in [0.2, 0.25) is 0 Å². The Morgan fingerprint density at radius 1 is 1.00 bits per heavy atom. The van der Waals surface area contributed by atoms with Gasteiger partial charge in [-0.1, -0.05) is 30.3 Å². The molecule has 3 nitrogen and oxygen atoms in total. The fourth-order valence-electron chi connectivity index (χ4n) is 3.78. The number of amides is 1. The predicted molar refractivity (Wildman–Crippen MR) is 84.3 cm³/mol. The van der Waals surface area contributed by atoms with E-state index in [0.717, 1.165) is 37.1 Å². The maximum Gasteiger partial charge on any atom is 0.253 e. The molecule has 1 N–H and O–H groups in total. The van der Waals surface area contributed by atoms with Crippen molar-refractivity contribution >= 4 is 16.7 Å². The van der Waals surface area contributed by atoms with Gasteiger partial charge in [0.1, 0.15) is 0 Å². The zero-order chi connectivity index (χ0) is 14.2. The molecule has 2 fully saturated rings. The highest BCUT2D eigenvalue weighted by atomic mass is 16.2. The van der Waals surface area contributed by atoms with E-state index in [9.17, 15) is 4.79 Å². The van der Waals surface area contributed by atoms with Crippen LogP contribution in [0.1, 0.15) is 16.8 Å². The van der Waals surface area contributed by atoms with E-state index in [0.29, 0.717) is 11.8 Å². The zero-order valence-electron chi connectivity index (χ0n) is 12.1.